The number of hydrogen-bond acceptors (Lipinski definition) is 3. The lowest BCUT2D eigenvalue weighted by molar-refractivity contribution is 0.186. The summed E-state index contributed by atoms with van der Waals surface area (Å²) in [5.74, 6) is 0. The Labute approximate surface area is 190 Å². The van der Waals surface area contributed by atoms with E-state index in [1.807, 2.05) is 18.3 Å². The Morgan fingerprint density at radius 1 is 1.13 bits per heavy atom. The van der Waals surface area contributed by atoms with E-state index in [1.165, 1.54) is 22.5 Å². The molecule has 0 amide bonds. The summed E-state index contributed by atoms with van der Waals surface area (Å²) in [6.07, 6.45) is 2.86. The molecule has 2 unspecified atom stereocenters. The lowest BCUT2D eigenvalue weighted by Gasteiger charge is -2.28. The number of pyridine rings is 1. The molecule has 0 spiro atoms. The van der Waals surface area contributed by atoms with Crippen LogP contribution < -0.4 is 10.2 Å². The van der Waals surface area contributed by atoms with Crippen molar-refractivity contribution in [1.29, 1.82) is 0 Å². The Morgan fingerprint density at radius 3 is 2.55 bits per heavy atom. The molecule has 5 nitrogen and oxygen atoms in total. The maximum absolute atomic E-state index is 5.85. The van der Waals surface area contributed by atoms with Gasteiger partial charge in [-0.15, -0.1) is 0 Å². The van der Waals surface area contributed by atoms with Crippen LogP contribution in [0.5, 0.6) is 0 Å². The minimum atomic E-state index is -0.0315. The van der Waals surface area contributed by atoms with Gasteiger partial charge in [-0.3, -0.25) is 4.98 Å². The van der Waals surface area contributed by atoms with E-state index in [1.54, 1.807) is 7.11 Å². The predicted octanol–water partition coefficient (Wildman–Crippen LogP) is 4.89. The summed E-state index contributed by atoms with van der Waals surface area (Å²) < 4.78 is 7.66. The van der Waals surface area contributed by atoms with Gasteiger partial charge in [-0.05, 0) is 73.9 Å². The maximum Gasteiger partial charge on any atom is 0.174 e. The summed E-state index contributed by atoms with van der Waals surface area (Å²) in [6.45, 7) is 8.03. The molecular formula is C25H30N4OS. The van der Waals surface area contributed by atoms with E-state index in [0.717, 1.165) is 29.5 Å². The van der Waals surface area contributed by atoms with E-state index in [4.69, 9.17) is 17.0 Å². The molecule has 3 aromatic rings. The van der Waals surface area contributed by atoms with Crippen LogP contribution >= 0.6 is 12.2 Å². The average molecular weight is 435 g/mol. The molecule has 2 atom stereocenters. The van der Waals surface area contributed by atoms with Crippen molar-refractivity contribution in [2.24, 2.45) is 0 Å². The second kappa shape index (κ2) is 9.20. The number of benzene rings is 1. The van der Waals surface area contributed by atoms with Crippen LogP contribution in [-0.2, 0) is 17.7 Å². The number of nitrogens with one attached hydrogen (secondary N) is 1. The van der Waals surface area contributed by atoms with Crippen LogP contribution in [0.2, 0.25) is 0 Å². The van der Waals surface area contributed by atoms with Crippen molar-refractivity contribution in [2.45, 2.75) is 45.8 Å². The first-order valence-corrected chi connectivity index (χ1v) is 11.2. The van der Waals surface area contributed by atoms with Crippen LogP contribution in [-0.4, -0.2) is 28.4 Å². The van der Waals surface area contributed by atoms with E-state index in [-0.39, 0.29) is 12.1 Å². The molecule has 1 fully saturated rings. The Morgan fingerprint density at radius 2 is 1.90 bits per heavy atom. The molecule has 0 radical (unpaired) electrons. The predicted molar refractivity (Wildman–Crippen MR) is 130 cm³/mol. The first-order valence-electron chi connectivity index (χ1n) is 10.8. The molecule has 2 aromatic heterocycles. The van der Waals surface area contributed by atoms with Crippen LogP contribution in [0.25, 0.3) is 0 Å². The molecule has 3 heterocycles. The molecule has 31 heavy (non-hydrogen) atoms. The third-order valence-corrected chi connectivity index (χ3v) is 6.49. The number of nitrogens with zero attached hydrogens (tertiary/aromatic N) is 3. The van der Waals surface area contributed by atoms with Crippen molar-refractivity contribution in [2.75, 3.05) is 18.6 Å². The zero-order valence-corrected chi connectivity index (χ0v) is 19.4. The summed E-state index contributed by atoms with van der Waals surface area (Å²) in [5, 5.41) is 4.28. The third-order valence-electron chi connectivity index (χ3n) is 6.17. The molecule has 4 rings (SSSR count). The van der Waals surface area contributed by atoms with E-state index in [0.29, 0.717) is 6.61 Å². The summed E-state index contributed by atoms with van der Waals surface area (Å²) in [4.78, 5) is 6.91. The topological polar surface area (TPSA) is 42.3 Å². The molecular weight excluding hydrogens is 404 g/mol. The minimum absolute atomic E-state index is 0.0115. The number of hydrogen-bond donors (Lipinski definition) is 1. The van der Waals surface area contributed by atoms with Crippen molar-refractivity contribution in [1.82, 2.24) is 14.9 Å². The van der Waals surface area contributed by atoms with Gasteiger partial charge in [0.05, 0.1) is 24.4 Å². The standard InChI is InChI=1S/C25H30N4OS/c1-5-19-9-11-20(12-10-19)29-24(21-16-17(2)28(18(21)3)14-15-30-4)23(27-25(29)31)22-8-6-7-13-26-22/h6-13,16,23-24H,5,14-15H2,1-4H3,(H,27,31). The average Bonchev–Trinajstić information content (AvgIpc) is 3.28. The Balaban J connectivity index is 1.82. The number of aryl methyl sites for hydroxylation is 2. The first kappa shape index (κ1) is 21.5. The highest BCUT2D eigenvalue weighted by atomic mass is 32.1. The van der Waals surface area contributed by atoms with Crippen molar-refractivity contribution >= 4 is 23.0 Å². The number of aromatic nitrogens is 2. The van der Waals surface area contributed by atoms with Crippen molar-refractivity contribution in [3.8, 4) is 0 Å². The largest absolute Gasteiger partial charge is 0.383 e. The molecule has 1 aromatic carbocycles. The first-order chi connectivity index (χ1) is 15.0. The van der Waals surface area contributed by atoms with Gasteiger partial charge >= 0.3 is 0 Å². The fraction of sp³-hybridized carbons (Fsp3) is 0.360. The van der Waals surface area contributed by atoms with Crippen molar-refractivity contribution in [3.63, 3.8) is 0 Å². The summed E-state index contributed by atoms with van der Waals surface area (Å²) in [6, 6.07) is 17.0. The van der Waals surface area contributed by atoms with Gasteiger partial charge in [0.15, 0.2) is 5.11 Å². The molecule has 1 saturated heterocycles. The number of thiocarbonyl (C=S) groups is 1. The Bertz CT molecular complexity index is 1050. The van der Waals surface area contributed by atoms with Crippen molar-refractivity contribution < 1.29 is 4.74 Å². The third kappa shape index (κ3) is 4.10. The van der Waals surface area contributed by atoms with E-state index >= 15 is 0 Å². The monoisotopic (exact) mass is 434 g/mol. The number of rotatable bonds is 7. The van der Waals surface area contributed by atoms with E-state index in [2.05, 4.69) is 76.9 Å². The molecule has 1 aliphatic rings. The quantitative estimate of drug-likeness (QED) is 0.537. The van der Waals surface area contributed by atoms with Crippen LogP contribution in [0, 0.1) is 13.8 Å². The number of anilines is 1. The Hall–Kier alpha value is -2.70. The molecule has 1 N–H and O–H groups in total. The van der Waals surface area contributed by atoms with E-state index < -0.39 is 0 Å². The highest BCUT2D eigenvalue weighted by Crippen LogP contribution is 2.43. The summed E-state index contributed by atoms with van der Waals surface area (Å²) in [7, 11) is 1.74. The van der Waals surface area contributed by atoms with Gasteiger partial charge < -0.3 is 19.5 Å². The molecule has 0 bridgehead atoms. The highest BCUT2D eigenvalue weighted by Gasteiger charge is 2.42. The zero-order valence-electron chi connectivity index (χ0n) is 18.6. The normalized spacial score (nSPS) is 18.5. The number of ether oxygens (including phenoxy) is 1. The highest BCUT2D eigenvalue weighted by molar-refractivity contribution is 7.80. The molecule has 0 saturated carbocycles. The molecule has 0 aliphatic carbocycles. The second-order valence-electron chi connectivity index (χ2n) is 7.99. The minimum Gasteiger partial charge on any atom is -0.383 e. The van der Waals surface area contributed by atoms with Gasteiger partial charge in [0, 0.05) is 36.9 Å². The lowest BCUT2D eigenvalue weighted by Crippen LogP contribution is -2.29. The van der Waals surface area contributed by atoms with Crippen LogP contribution in [0.1, 0.15) is 47.2 Å². The SMILES string of the molecule is CCc1ccc(N2C(=S)NC(c3ccccn3)C2c2cc(C)n(CCOC)c2C)cc1. The number of methoxy groups -OCH3 is 1. The summed E-state index contributed by atoms with van der Waals surface area (Å²) in [5.41, 5.74) is 7.13. The zero-order chi connectivity index (χ0) is 22.0. The maximum atomic E-state index is 5.85. The van der Waals surface area contributed by atoms with Gasteiger partial charge in [-0.2, -0.15) is 0 Å². The smallest absolute Gasteiger partial charge is 0.174 e. The summed E-state index contributed by atoms with van der Waals surface area (Å²) >= 11 is 5.85. The van der Waals surface area contributed by atoms with Gasteiger partial charge in [-0.1, -0.05) is 25.1 Å². The molecule has 1 aliphatic heterocycles. The fourth-order valence-electron chi connectivity index (χ4n) is 4.50. The van der Waals surface area contributed by atoms with Crippen LogP contribution in [0.3, 0.4) is 0 Å². The molecule has 6 heteroatoms. The van der Waals surface area contributed by atoms with Gasteiger partial charge in [0.25, 0.3) is 0 Å². The van der Waals surface area contributed by atoms with Gasteiger partial charge in [0.2, 0.25) is 0 Å². The van der Waals surface area contributed by atoms with Crippen LogP contribution in [0.4, 0.5) is 5.69 Å². The van der Waals surface area contributed by atoms with Crippen molar-refractivity contribution in [3.05, 3.63) is 82.9 Å². The van der Waals surface area contributed by atoms with E-state index in [9.17, 15) is 0 Å². The fourth-order valence-corrected chi connectivity index (χ4v) is 4.84. The van der Waals surface area contributed by atoms with Crippen LogP contribution in [0.15, 0.2) is 54.7 Å². The van der Waals surface area contributed by atoms with Gasteiger partial charge in [-0.25, -0.2) is 0 Å². The Kier molecular flexibility index (Phi) is 6.39. The lowest BCUT2D eigenvalue weighted by atomic mass is 9.96. The van der Waals surface area contributed by atoms with Gasteiger partial charge in [0.1, 0.15) is 0 Å². The molecule has 162 valence electrons. The second-order valence-corrected chi connectivity index (χ2v) is 8.37.